The first-order chi connectivity index (χ1) is 15.1. The topological polar surface area (TPSA) is 58.6 Å². The molecule has 0 aromatic heterocycles. The smallest absolute Gasteiger partial charge is 0.247 e. The highest BCUT2D eigenvalue weighted by molar-refractivity contribution is 6.30. The number of ether oxygens (including phenoxy) is 1. The van der Waals surface area contributed by atoms with Gasteiger partial charge in [0.05, 0.1) is 0 Å². The third-order valence-electron chi connectivity index (χ3n) is 6.54. The van der Waals surface area contributed by atoms with Gasteiger partial charge in [0, 0.05) is 43.2 Å². The number of halogens is 1. The Balaban J connectivity index is 1.57. The van der Waals surface area contributed by atoms with E-state index in [1.54, 1.807) is 4.90 Å². The van der Waals surface area contributed by atoms with E-state index in [1.165, 1.54) is 0 Å². The molecule has 164 valence electrons. The summed E-state index contributed by atoms with van der Waals surface area (Å²) >= 11 is 6.10. The Labute approximate surface area is 188 Å². The molecular weight excluding hydrogens is 412 g/mol. The van der Waals surface area contributed by atoms with Crippen molar-refractivity contribution < 1.29 is 14.3 Å². The summed E-state index contributed by atoms with van der Waals surface area (Å²) in [6.07, 6.45) is 3.97. The molecule has 1 unspecified atom stereocenters. The predicted molar refractivity (Wildman–Crippen MR) is 121 cm³/mol. The Hall–Kier alpha value is -2.37. The van der Waals surface area contributed by atoms with Crippen LogP contribution in [0, 0.1) is 0 Å². The average molecular weight is 441 g/mol. The fourth-order valence-electron chi connectivity index (χ4n) is 4.69. The summed E-state index contributed by atoms with van der Waals surface area (Å²) < 4.78 is 5.61. The second-order valence-electron chi connectivity index (χ2n) is 8.47. The molecule has 2 fully saturated rings. The SMILES string of the molecule is O=C(NCC1(c2ccc(Cl)cc2)CCOCC1)C(c1ccccc1)N1CCCCC1=O. The van der Waals surface area contributed by atoms with Crippen LogP contribution in [0.1, 0.15) is 49.3 Å². The number of benzene rings is 2. The van der Waals surface area contributed by atoms with Gasteiger partial charge >= 0.3 is 0 Å². The van der Waals surface area contributed by atoms with Crippen molar-refractivity contribution in [1.29, 1.82) is 0 Å². The number of carbonyl (C=O) groups excluding carboxylic acids is 2. The maximum absolute atomic E-state index is 13.5. The van der Waals surface area contributed by atoms with Gasteiger partial charge in [-0.25, -0.2) is 0 Å². The molecule has 0 bridgehead atoms. The highest BCUT2D eigenvalue weighted by Gasteiger charge is 2.37. The van der Waals surface area contributed by atoms with Gasteiger partial charge in [0.25, 0.3) is 0 Å². The summed E-state index contributed by atoms with van der Waals surface area (Å²) in [6, 6.07) is 16.9. The lowest BCUT2D eigenvalue weighted by molar-refractivity contribution is -0.143. The highest BCUT2D eigenvalue weighted by atomic mass is 35.5. The van der Waals surface area contributed by atoms with Gasteiger partial charge in [-0.05, 0) is 48.9 Å². The van der Waals surface area contributed by atoms with Crippen LogP contribution in [0.2, 0.25) is 5.02 Å². The van der Waals surface area contributed by atoms with Gasteiger partial charge in [-0.3, -0.25) is 9.59 Å². The number of nitrogens with one attached hydrogen (secondary N) is 1. The van der Waals surface area contributed by atoms with Crippen molar-refractivity contribution in [2.75, 3.05) is 26.3 Å². The van der Waals surface area contributed by atoms with Crippen molar-refractivity contribution in [2.45, 2.75) is 43.6 Å². The monoisotopic (exact) mass is 440 g/mol. The number of carbonyl (C=O) groups is 2. The molecule has 2 saturated heterocycles. The molecule has 2 aliphatic rings. The van der Waals surface area contributed by atoms with Crippen molar-refractivity contribution in [3.8, 4) is 0 Å². The first-order valence-corrected chi connectivity index (χ1v) is 11.4. The van der Waals surface area contributed by atoms with E-state index in [1.807, 2.05) is 54.6 Å². The molecular formula is C25H29ClN2O3. The Morgan fingerprint density at radius 3 is 2.45 bits per heavy atom. The quantitative estimate of drug-likeness (QED) is 0.730. The number of rotatable bonds is 6. The zero-order valence-electron chi connectivity index (χ0n) is 17.7. The van der Waals surface area contributed by atoms with Crippen LogP contribution in [0.4, 0.5) is 0 Å². The molecule has 4 rings (SSSR count). The standard InChI is InChI=1S/C25H29ClN2O3/c26-21-11-9-20(10-12-21)25(13-16-31-17-14-25)18-27-24(30)23(19-6-2-1-3-7-19)28-15-5-4-8-22(28)29/h1-3,6-7,9-12,23H,4-5,8,13-18H2,(H,27,30). The first kappa shape index (κ1) is 21.8. The van der Waals surface area contributed by atoms with Crippen molar-refractivity contribution in [3.63, 3.8) is 0 Å². The summed E-state index contributed by atoms with van der Waals surface area (Å²) in [5.74, 6) is -0.0741. The van der Waals surface area contributed by atoms with Crippen LogP contribution >= 0.6 is 11.6 Å². The molecule has 2 heterocycles. The Bertz CT molecular complexity index is 895. The van der Waals surface area contributed by atoms with E-state index in [9.17, 15) is 9.59 Å². The number of hydrogen-bond donors (Lipinski definition) is 1. The molecule has 2 aromatic rings. The van der Waals surface area contributed by atoms with E-state index in [2.05, 4.69) is 5.32 Å². The van der Waals surface area contributed by atoms with Gasteiger partial charge in [0.2, 0.25) is 11.8 Å². The zero-order chi connectivity index (χ0) is 21.7. The van der Waals surface area contributed by atoms with Crippen molar-refractivity contribution in [2.24, 2.45) is 0 Å². The molecule has 0 spiro atoms. The summed E-state index contributed by atoms with van der Waals surface area (Å²) in [5.41, 5.74) is 1.81. The molecule has 2 aromatic carbocycles. The van der Waals surface area contributed by atoms with E-state index in [0.717, 1.165) is 36.8 Å². The molecule has 0 radical (unpaired) electrons. The maximum Gasteiger partial charge on any atom is 0.247 e. The van der Waals surface area contributed by atoms with Gasteiger partial charge in [0.15, 0.2) is 0 Å². The van der Waals surface area contributed by atoms with Crippen LogP contribution < -0.4 is 5.32 Å². The Morgan fingerprint density at radius 2 is 1.77 bits per heavy atom. The number of nitrogens with zero attached hydrogens (tertiary/aromatic N) is 1. The lowest BCUT2D eigenvalue weighted by atomic mass is 9.74. The molecule has 5 nitrogen and oxygen atoms in total. The lowest BCUT2D eigenvalue weighted by Gasteiger charge is -2.39. The Kier molecular flexibility index (Phi) is 6.93. The third kappa shape index (κ3) is 4.94. The second kappa shape index (κ2) is 9.84. The number of piperidine rings is 1. The van der Waals surface area contributed by atoms with Crippen molar-refractivity contribution >= 4 is 23.4 Å². The maximum atomic E-state index is 13.5. The van der Waals surface area contributed by atoms with Crippen LogP contribution in [-0.2, 0) is 19.7 Å². The number of hydrogen-bond acceptors (Lipinski definition) is 3. The molecule has 31 heavy (non-hydrogen) atoms. The van der Waals surface area contributed by atoms with E-state index < -0.39 is 6.04 Å². The summed E-state index contributed by atoms with van der Waals surface area (Å²) in [7, 11) is 0. The summed E-state index contributed by atoms with van der Waals surface area (Å²) in [5, 5.41) is 3.90. The van der Waals surface area contributed by atoms with Gasteiger partial charge in [0.1, 0.15) is 6.04 Å². The van der Waals surface area contributed by atoms with Gasteiger partial charge in [-0.2, -0.15) is 0 Å². The van der Waals surface area contributed by atoms with Crippen molar-refractivity contribution in [3.05, 3.63) is 70.7 Å². The highest BCUT2D eigenvalue weighted by Crippen LogP contribution is 2.35. The third-order valence-corrected chi connectivity index (χ3v) is 6.79. The second-order valence-corrected chi connectivity index (χ2v) is 8.91. The van der Waals surface area contributed by atoms with E-state index >= 15 is 0 Å². The minimum absolute atomic E-state index is 0.0498. The first-order valence-electron chi connectivity index (χ1n) is 11.0. The molecule has 1 N–H and O–H groups in total. The van der Waals surface area contributed by atoms with E-state index in [0.29, 0.717) is 37.7 Å². The molecule has 0 aliphatic carbocycles. The van der Waals surface area contributed by atoms with E-state index in [-0.39, 0.29) is 17.2 Å². The number of likely N-dealkylation sites (tertiary alicyclic amines) is 1. The molecule has 6 heteroatoms. The summed E-state index contributed by atoms with van der Waals surface area (Å²) in [6.45, 7) is 2.43. The summed E-state index contributed by atoms with van der Waals surface area (Å²) in [4.78, 5) is 27.9. The minimum Gasteiger partial charge on any atom is -0.381 e. The average Bonchev–Trinajstić information content (AvgIpc) is 2.81. The largest absolute Gasteiger partial charge is 0.381 e. The minimum atomic E-state index is -0.601. The molecule has 0 saturated carbocycles. The normalized spacial score (nSPS) is 19.6. The lowest BCUT2D eigenvalue weighted by Crippen LogP contribution is -2.50. The molecule has 1 atom stereocenters. The van der Waals surface area contributed by atoms with Crippen LogP contribution in [0.25, 0.3) is 0 Å². The Morgan fingerprint density at radius 1 is 1.06 bits per heavy atom. The van der Waals surface area contributed by atoms with Crippen LogP contribution in [0.15, 0.2) is 54.6 Å². The van der Waals surface area contributed by atoms with Crippen LogP contribution in [-0.4, -0.2) is 43.0 Å². The predicted octanol–water partition coefficient (Wildman–Crippen LogP) is 4.26. The van der Waals surface area contributed by atoms with Gasteiger partial charge in [-0.15, -0.1) is 0 Å². The van der Waals surface area contributed by atoms with Gasteiger partial charge in [-0.1, -0.05) is 54.1 Å². The fraction of sp³-hybridized carbons (Fsp3) is 0.440. The van der Waals surface area contributed by atoms with Gasteiger partial charge < -0.3 is 15.0 Å². The molecule has 2 amide bonds. The molecule has 2 aliphatic heterocycles. The van der Waals surface area contributed by atoms with Crippen molar-refractivity contribution in [1.82, 2.24) is 10.2 Å². The fourth-order valence-corrected chi connectivity index (χ4v) is 4.82. The van der Waals surface area contributed by atoms with Crippen LogP contribution in [0.5, 0.6) is 0 Å². The van der Waals surface area contributed by atoms with Crippen LogP contribution in [0.3, 0.4) is 0 Å². The van der Waals surface area contributed by atoms with E-state index in [4.69, 9.17) is 16.3 Å². The zero-order valence-corrected chi connectivity index (χ0v) is 18.4. The number of amides is 2.